The van der Waals surface area contributed by atoms with Crippen molar-refractivity contribution in [1.82, 2.24) is 4.98 Å². The predicted octanol–water partition coefficient (Wildman–Crippen LogP) is 3.03. The number of nitrogens with zero attached hydrogens (tertiary/aromatic N) is 1. The van der Waals surface area contributed by atoms with Crippen LogP contribution in [0.3, 0.4) is 0 Å². The van der Waals surface area contributed by atoms with Crippen LogP contribution in [0.25, 0.3) is 0 Å². The molecule has 0 radical (unpaired) electrons. The first-order valence-electron chi connectivity index (χ1n) is 6.67. The van der Waals surface area contributed by atoms with Crippen molar-refractivity contribution in [1.29, 1.82) is 0 Å². The molecule has 2 N–H and O–H groups in total. The maximum absolute atomic E-state index is 13.4. The fraction of sp³-hybridized carbons (Fsp3) is 0.312. The van der Waals surface area contributed by atoms with Gasteiger partial charge in [-0.1, -0.05) is 19.1 Å². The third kappa shape index (κ3) is 3.33. The van der Waals surface area contributed by atoms with Gasteiger partial charge >= 0.3 is 0 Å². The summed E-state index contributed by atoms with van der Waals surface area (Å²) in [5.74, 6) is -0.166. The van der Waals surface area contributed by atoms with Crippen LogP contribution in [0.4, 0.5) is 4.39 Å². The summed E-state index contributed by atoms with van der Waals surface area (Å²) < 4.78 is 18.3. The Kier molecular flexibility index (Phi) is 4.69. The molecule has 0 aliphatic carbocycles. The molecule has 0 saturated heterocycles. The molecule has 0 amide bonds. The molecule has 0 saturated carbocycles. The molecular weight excluding hydrogens is 255 g/mol. The van der Waals surface area contributed by atoms with E-state index < -0.39 is 0 Å². The topological polar surface area (TPSA) is 48.1 Å². The second kappa shape index (κ2) is 6.48. The lowest BCUT2D eigenvalue weighted by Crippen LogP contribution is -2.14. The Balaban J connectivity index is 2.12. The highest BCUT2D eigenvalue weighted by Crippen LogP contribution is 2.23. The summed E-state index contributed by atoms with van der Waals surface area (Å²) in [6.45, 7) is 2.09. The van der Waals surface area contributed by atoms with E-state index in [4.69, 9.17) is 10.5 Å². The first-order valence-corrected chi connectivity index (χ1v) is 6.67. The van der Waals surface area contributed by atoms with Crippen LogP contribution in [0.15, 0.2) is 36.5 Å². The first-order chi connectivity index (χ1) is 9.63. The molecule has 1 aromatic heterocycles. The minimum atomic E-state index is -0.381. The van der Waals surface area contributed by atoms with Crippen molar-refractivity contribution in [3.8, 4) is 5.75 Å². The molecule has 20 heavy (non-hydrogen) atoms. The number of ether oxygens (including phenoxy) is 1. The molecule has 0 aliphatic heterocycles. The van der Waals surface area contributed by atoms with Crippen molar-refractivity contribution in [2.75, 3.05) is 7.11 Å². The van der Waals surface area contributed by atoms with Crippen LogP contribution in [0.1, 0.15) is 29.8 Å². The highest BCUT2D eigenvalue weighted by molar-refractivity contribution is 5.32. The lowest BCUT2D eigenvalue weighted by atomic mass is 10.0. The molecule has 1 atom stereocenters. The maximum Gasteiger partial charge on any atom is 0.165 e. The van der Waals surface area contributed by atoms with Gasteiger partial charge in [0.25, 0.3) is 0 Å². The van der Waals surface area contributed by atoms with Gasteiger partial charge in [-0.05, 0) is 35.7 Å². The monoisotopic (exact) mass is 274 g/mol. The van der Waals surface area contributed by atoms with E-state index in [0.29, 0.717) is 6.42 Å². The second-order valence-corrected chi connectivity index (χ2v) is 4.72. The van der Waals surface area contributed by atoms with Crippen LogP contribution in [0, 0.1) is 5.82 Å². The minimum Gasteiger partial charge on any atom is -0.494 e. The summed E-state index contributed by atoms with van der Waals surface area (Å²) in [5, 5.41) is 0. The van der Waals surface area contributed by atoms with Gasteiger partial charge in [-0.15, -0.1) is 0 Å². The SMILES string of the molecule is CCc1ccc(CC(N)c2ccc(F)c(OC)c2)nc1. The van der Waals surface area contributed by atoms with E-state index in [-0.39, 0.29) is 17.6 Å². The molecule has 106 valence electrons. The van der Waals surface area contributed by atoms with E-state index in [0.717, 1.165) is 17.7 Å². The third-order valence-corrected chi connectivity index (χ3v) is 3.33. The molecule has 0 spiro atoms. The number of aryl methyl sites for hydroxylation is 1. The van der Waals surface area contributed by atoms with Crippen molar-refractivity contribution < 1.29 is 9.13 Å². The van der Waals surface area contributed by atoms with Crippen LogP contribution in [-0.4, -0.2) is 12.1 Å². The van der Waals surface area contributed by atoms with Gasteiger partial charge in [0.2, 0.25) is 0 Å². The first kappa shape index (κ1) is 14.5. The van der Waals surface area contributed by atoms with Gasteiger partial charge in [-0.2, -0.15) is 0 Å². The minimum absolute atomic E-state index is 0.215. The lowest BCUT2D eigenvalue weighted by Gasteiger charge is -2.13. The Morgan fingerprint density at radius 2 is 2.10 bits per heavy atom. The molecular formula is C16H19FN2O. The number of hydrogen-bond acceptors (Lipinski definition) is 3. The number of aromatic nitrogens is 1. The third-order valence-electron chi connectivity index (χ3n) is 3.33. The van der Waals surface area contributed by atoms with Gasteiger partial charge in [-0.3, -0.25) is 4.98 Å². The standard InChI is InChI=1S/C16H19FN2O/c1-3-11-4-6-13(19-10-11)9-15(18)12-5-7-14(17)16(8-12)20-2/h4-8,10,15H,3,9,18H2,1-2H3. The average Bonchev–Trinajstić information content (AvgIpc) is 2.48. The van der Waals surface area contributed by atoms with Gasteiger partial charge in [0, 0.05) is 24.4 Å². The fourth-order valence-corrected chi connectivity index (χ4v) is 2.04. The van der Waals surface area contributed by atoms with Crippen LogP contribution >= 0.6 is 0 Å². The molecule has 3 nitrogen and oxygen atoms in total. The number of methoxy groups -OCH3 is 1. The smallest absolute Gasteiger partial charge is 0.165 e. The second-order valence-electron chi connectivity index (χ2n) is 4.72. The largest absolute Gasteiger partial charge is 0.494 e. The van der Waals surface area contributed by atoms with E-state index >= 15 is 0 Å². The number of benzene rings is 1. The zero-order chi connectivity index (χ0) is 14.5. The summed E-state index contributed by atoms with van der Waals surface area (Å²) >= 11 is 0. The predicted molar refractivity (Wildman–Crippen MR) is 77.2 cm³/mol. The van der Waals surface area contributed by atoms with Crippen molar-refractivity contribution in [2.24, 2.45) is 5.73 Å². The molecule has 1 aromatic carbocycles. The Hall–Kier alpha value is -1.94. The van der Waals surface area contributed by atoms with E-state index in [2.05, 4.69) is 18.0 Å². The highest BCUT2D eigenvalue weighted by Gasteiger charge is 2.11. The number of nitrogens with two attached hydrogens (primary N) is 1. The zero-order valence-corrected chi connectivity index (χ0v) is 11.8. The van der Waals surface area contributed by atoms with E-state index in [1.165, 1.54) is 18.7 Å². The molecule has 1 unspecified atom stereocenters. The van der Waals surface area contributed by atoms with Gasteiger partial charge in [0.05, 0.1) is 7.11 Å². The Morgan fingerprint density at radius 3 is 2.70 bits per heavy atom. The lowest BCUT2D eigenvalue weighted by molar-refractivity contribution is 0.385. The summed E-state index contributed by atoms with van der Waals surface area (Å²) in [7, 11) is 1.44. The van der Waals surface area contributed by atoms with Crippen LogP contribution < -0.4 is 10.5 Å². The van der Waals surface area contributed by atoms with Crippen LogP contribution in [0.2, 0.25) is 0 Å². The molecule has 0 bridgehead atoms. The number of pyridine rings is 1. The Bertz CT molecular complexity index is 569. The number of halogens is 1. The number of hydrogen-bond donors (Lipinski definition) is 1. The van der Waals surface area contributed by atoms with Crippen molar-refractivity contribution >= 4 is 0 Å². The van der Waals surface area contributed by atoms with Crippen molar-refractivity contribution in [3.63, 3.8) is 0 Å². The molecule has 0 aliphatic rings. The highest BCUT2D eigenvalue weighted by atomic mass is 19.1. The molecule has 4 heteroatoms. The number of rotatable bonds is 5. The normalized spacial score (nSPS) is 12.2. The van der Waals surface area contributed by atoms with E-state index in [1.807, 2.05) is 12.3 Å². The summed E-state index contributed by atoms with van der Waals surface area (Å²) in [6.07, 6.45) is 3.45. The zero-order valence-electron chi connectivity index (χ0n) is 11.8. The van der Waals surface area contributed by atoms with Crippen LogP contribution in [0.5, 0.6) is 5.75 Å². The summed E-state index contributed by atoms with van der Waals surface area (Å²) in [5.41, 5.74) is 9.12. The summed E-state index contributed by atoms with van der Waals surface area (Å²) in [4.78, 5) is 4.39. The Morgan fingerprint density at radius 1 is 1.30 bits per heavy atom. The van der Waals surface area contributed by atoms with Gasteiger partial charge in [0.15, 0.2) is 11.6 Å². The average molecular weight is 274 g/mol. The summed E-state index contributed by atoms with van der Waals surface area (Å²) in [6, 6.07) is 8.51. The van der Waals surface area contributed by atoms with E-state index in [1.54, 1.807) is 12.1 Å². The van der Waals surface area contributed by atoms with Gasteiger partial charge in [0.1, 0.15) is 0 Å². The molecule has 2 rings (SSSR count). The van der Waals surface area contributed by atoms with Gasteiger partial charge < -0.3 is 10.5 Å². The van der Waals surface area contributed by atoms with Crippen molar-refractivity contribution in [2.45, 2.75) is 25.8 Å². The molecule has 1 heterocycles. The fourth-order valence-electron chi connectivity index (χ4n) is 2.04. The van der Waals surface area contributed by atoms with Crippen molar-refractivity contribution in [3.05, 3.63) is 59.2 Å². The van der Waals surface area contributed by atoms with E-state index in [9.17, 15) is 4.39 Å². The van der Waals surface area contributed by atoms with Crippen LogP contribution in [-0.2, 0) is 12.8 Å². The molecule has 2 aromatic rings. The van der Waals surface area contributed by atoms with Gasteiger partial charge in [-0.25, -0.2) is 4.39 Å². The maximum atomic E-state index is 13.4. The molecule has 0 fully saturated rings. The quantitative estimate of drug-likeness (QED) is 0.911. The Labute approximate surface area is 118 Å².